The molecule has 0 aromatic heterocycles. The summed E-state index contributed by atoms with van der Waals surface area (Å²) in [6, 6.07) is 12.7. The van der Waals surface area contributed by atoms with Gasteiger partial charge < -0.3 is 10.4 Å². The van der Waals surface area contributed by atoms with Crippen molar-refractivity contribution >= 4 is 17.3 Å². The van der Waals surface area contributed by atoms with E-state index < -0.39 is 58.3 Å². The molecule has 1 aliphatic carbocycles. The van der Waals surface area contributed by atoms with Gasteiger partial charge in [0.25, 0.3) is 5.91 Å². The number of amides is 1. The molecule has 5 nitrogen and oxygen atoms in total. The van der Waals surface area contributed by atoms with Gasteiger partial charge in [0.05, 0.1) is 23.9 Å². The van der Waals surface area contributed by atoms with E-state index in [-0.39, 0.29) is 24.1 Å². The van der Waals surface area contributed by atoms with Crippen molar-refractivity contribution in [3.8, 4) is 11.8 Å². The Morgan fingerprint density at radius 3 is 2.24 bits per heavy atom. The summed E-state index contributed by atoms with van der Waals surface area (Å²) in [6.07, 6.45) is -9.93. The van der Waals surface area contributed by atoms with Crippen molar-refractivity contribution in [2.45, 2.75) is 42.6 Å². The Labute approximate surface area is 230 Å². The molecule has 0 heterocycles. The second-order valence-electron chi connectivity index (χ2n) is 9.64. The molecule has 1 amide bonds. The van der Waals surface area contributed by atoms with Crippen LogP contribution in [0.15, 0.2) is 66.7 Å². The van der Waals surface area contributed by atoms with Gasteiger partial charge in [-0.05, 0) is 66.9 Å². The predicted molar refractivity (Wildman–Crippen MR) is 136 cm³/mol. The minimum absolute atomic E-state index is 0.142. The van der Waals surface area contributed by atoms with Crippen LogP contribution in [-0.4, -0.2) is 23.7 Å². The number of carbonyl (C=O) groups excluding carboxylic acids is 1. The van der Waals surface area contributed by atoms with E-state index >= 15 is 0 Å². The molecule has 12 heteroatoms. The fourth-order valence-electron chi connectivity index (χ4n) is 4.46. The quantitative estimate of drug-likeness (QED) is 0.166. The van der Waals surface area contributed by atoms with E-state index in [0.717, 1.165) is 19.2 Å². The Bertz CT molecular complexity index is 1490. The number of aliphatic hydroxyl groups is 1. The first-order valence-electron chi connectivity index (χ1n) is 12.2. The highest BCUT2D eigenvalue weighted by Gasteiger charge is 2.54. The highest BCUT2D eigenvalue weighted by Crippen LogP contribution is 2.55. The molecule has 0 radical (unpaired) electrons. The molecule has 3 aromatic rings. The molecule has 1 aliphatic rings. The fraction of sp³-hybridized carbons (Fsp3) is 0.276. The summed E-state index contributed by atoms with van der Waals surface area (Å²) < 4.78 is 95.7. The molecule has 1 unspecified atom stereocenters. The Morgan fingerprint density at radius 1 is 0.976 bits per heavy atom. The molecule has 3 aromatic carbocycles. The average molecular weight is 581 g/mol. The molecule has 1 saturated carbocycles. The highest BCUT2D eigenvalue weighted by molar-refractivity contribution is 6.00. The average Bonchev–Trinajstić information content (AvgIpc) is 3.68. The van der Waals surface area contributed by atoms with E-state index in [0.29, 0.717) is 29.8 Å². The standard InChI is InChI=1S/C29H23F7N2O3/c1-41-38-24-10-8-20(16-22(24)29(34,35)36)37-25(39)27(40,12-11-18-5-3-2-4-6-18)17-26(13-14-26)21-15-19(28(31,32)33)7-9-23(21)30/h2-10,15-16,38,40H,13-14,17H2,1H3,(H,37,39). The SMILES string of the molecule is CONc1ccc(NC(=O)C(O)(C#Cc2ccccc2)CC2(c3cc(C(F)(F)F)ccc3F)CC2)cc1C(F)(F)F. The molecular weight excluding hydrogens is 557 g/mol. The van der Waals surface area contributed by atoms with Crippen molar-refractivity contribution in [1.29, 1.82) is 0 Å². The molecule has 0 aliphatic heterocycles. The Balaban J connectivity index is 1.73. The lowest BCUT2D eigenvalue weighted by atomic mass is 9.81. The number of hydrogen-bond donors (Lipinski definition) is 3. The van der Waals surface area contributed by atoms with Gasteiger partial charge in [0.1, 0.15) is 5.82 Å². The van der Waals surface area contributed by atoms with Gasteiger partial charge in [-0.3, -0.25) is 15.1 Å². The first-order valence-corrected chi connectivity index (χ1v) is 12.2. The van der Waals surface area contributed by atoms with Crippen molar-refractivity contribution in [2.75, 3.05) is 17.9 Å². The van der Waals surface area contributed by atoms with Crippen molar-refractivity contribution in [3.05, 3.63) is 94.8 Å². The zero-order valence-electron chi connectivity index (χ0n) is 21.4. The molecule has 3 N–H and O–H groups in total. The number of hydrogen-bond acceptors (Lipinski definition) is 4. The van der Waals surface area contributed by atoms with E-state index in [2.05, 4.69) is 27.5 Å². The number of benzene rings is 3. The van der Waals surface area contributed by atoms with Crippen LogP contribution in [0.5, 0.6) is 0 Å². The number of rotatable bonds is 7. The van der Waals surface area contributed by atoms with Gasteiger partial charge in [0.2, 0.25) is 5.60 Å². The third-order valence-corrected chi connectivity index (χ3v) is 6.67. The second kappa shape index (κ2) is 11.1. The number of anilines is 2. The maximum Gasteiger partial charge on any atom is 0.418 e. The van der Waals surface area contributed by atoms with Crippen LogP contribution in [-0.2, 0) is 27.4 Å². The highest BCUT2D eigenvalue weighted by atomic mass is 19.4. The summed E-state index contributed by atoms with van der Waals surface area (Å²) in [4.78, 5) is 18.0. The number of halogens is 7. The monoisotopic (exact) mass is 580 g/mol. The van der Waals surface area contributed by atoms with Crippen LogP contribution in [0.4, 0.5) is 42.1 Å². The van der Waals surface area contributed by atoms with Crippen LogP contribution >= 0.6 is 0 Å². The molecule has 4 rings (SSSR count). The van der Waals surface area contributed by atoms with Crippen LogP contribution in [0.1, 0.15) is 41.5 Å². The van der Waals surface area contributed by atoms with Crippen molar-refractivity contribution < 1.29 is 45.5 Å². The first-order chi connectivity index (χ1) is 19.2. The largest absolute Gasteiger partial charge is 0.418 e. The van der Waals surface area contributed by atoms with Crippen LogP contribution in [0, 0.1) is 17.7 Å². The van der Waals surface area contributed by atoms with E-state index in [1.54, 1.807) is 30.3 Å². The molecule has 0 spiro atoms. The van der Waals surface area contributed by atoms with Crippen molar-refractivity contribution in [1.82, 2.24) is 0 Å². The van der Waals surface area contributed by atoms with Gasteiger partial charge >= 0.3 is 12.4 Å². The maximum absolute atomic E-state index is 14.8. The molecule has 1 fully saturated rings. The molecule has 1 atom stereocenters. The van der Waals surface area contributed by atoms with E-state index in [9.17, 15) is 40.6 Å². The lowest BCUT2D eigenvalue weighted by Crippen LogP contribution is -2.44. The molecule has 41 heavy (non-hydrogen) atoms. The van der Waals surface area contributed by atoms with Gasteiger partial charge in [0, 0.05) is 23.1 Å². The maximum atomic E-state index is 14.8. The summed E-state index contributed by atoms with van der Waals surface area (Å²) in [5.74, 6) is 2.87. The summed E-state index contributed by atoms with van der Waals surface area (Å²) in [7, 11) is 1.11. The van der Waals surface area contributed by atoms with Crippen LogP contribution in [0.25, 0.3) is 0 Å². The normalized spacial score (nSPS) is 15.7. The van der Waals surface area contributed by atoms with Crippen molar-refractivity contribution in [3.63, 3.8) is 0 Å². The Hall–Kier alpha value is -4.08. The molecule has 0 bridgehead atoms. The fourth-order valence-corrected chi connectivity index (χ4v) is 4.46. The van der Waals surface area contributed by atoms with E-state index in [4.69, 9.17) is 0 Å². The Morgan fingerprint density at radius 2 is 1.66 bits per heavy atom. The van der Waals surface area contributed by atoms with Gasteiger partial charge in [0.15, 0.2) is 0 Å². The van der Waals surface area contributed by atoms with Crippen LogP contribution in [0.3, 0.4) is 0 Å². The smallest absolute Gasteiger partial charge is 0.369 e. The van der Waals surface area contributed by atoms with Gasteiger partial charge in [-0.25, -0.2) is 4.39 Å². The van der Waals surface area contributed by atoms with E-state index in [1.165, 1.54) is 0 Å². The van der Waals surface area contributed by atoms with Crippen LogP contribution < -0.4 is 10.8 Å². The number of nitrogens with one attached hydrogen (secondary N) is 2. The molecule has 216 valence electrons. The number of carbonyl (C=O) groups is 1. The topological polar surface area (TPSA) is 70.6 Å². The predicted octanol–water partition coefficient (Wildman–Crippen LogP) is 6.68. The third-order valence-electron chi connectivity index (χ3n) is 6.67. The number of alkyl halides is 6. The second-order valence-corrected chi connectivity index (χ2v) is 9.64. The molecule has 0 saturated heterocycles. The minimum Gasteiger partial charge on any atom is -0.369 e. The first kappa shape index (κ1) is 29.9. The van der Waals surface area contributed by atoms with Crippen molar-refractivity contribution in [2.24, 2.45) is 0 Å². The lowest BCUT2D eigenvalue weighted by Gasteiger charge is -2.28. The summed E-state index contributed by atoms with van der Waals surface area (Å²) in [5, 5.41) is 13.8. The summed E-state index contributed by atoms with van der Waals surface area (Å²) >= 11 is 0. The van der Waals surface area contributed by atoms with Gasteiger partial charge in [-0.15, -0.1) is 0 Å². The summed E-state index contributed by atoms with van der Waals surface area (Å²) in [6.45, 7) is 0. The zero-order valence-corrected chi connectivity index (χ0v) is 21.4. The van der Waals surface area contributed by atoms with Gasteiger partial charge in [-0.1, -0.05) is 30.0 Å². The Kier molecular flexibility index (Phi) is 8.07. The molecular formula is C29H23F7N2O3. The van der Waals surface area contributed by atoms with E-state index in [1.807, 2.05) is 0 Å². The van der Waals surface area contributed by atoms with Gasteiger partial charge in [-0.2, -0.15) is 26.3 Å². The van der Waals surface area contributed by atoms with Crippen LogP contribution in [0.2, 0.25) is 0 Å². The minimum atomic E-state index is -4.84. The lowest BCUT2D eigenvalue weighted by molar-refractivity contribution is -0.138. The summed E-state index contributed by atoms with van der Waals surface area (Å²) in [5.41, 5.74) is -4.94. The zero-order chi connectivity index (χ0) is 30.1. The third kappa shape index (κ3) is 6.81.